The molecule has 0 amide bonds. The Balaban J connectivity index is 1.66. The quantitative estimate of drug-likeness (QED) is 0.924. The second kappa shape index (κ2) is 6.18. The lowest BCUT2D eigenvalue weighted by molar-refractivity contribution is 0.525. The van der Waals surface area contributed by atoms with Gasteiger partial charge < -0.3 is 10.2 Å². The van der Waals surface area contributed by atoms with Crippen LogP contribution in [-0.2, 0) is 0 Å². The second-order valence-electron chi connectivity index (χ2n) is 5.04. The molecule has 0 bridgehead atoms. The minimum absolute atomic E-state index is 0.339. The van der Waals surface area contributed by atoms with Crippen LogP contribution in [0.15, 0.2) is 36.9 Å². The van der Waals surface area contributed by atoms with Gasteiger partial charge in [0.15, 0.2) is 0 Å². The van der Waals surface area contributed by atoms with E-state index in [1.807, 2.05) is 18.2 Å². The van der Waals surface area contributed by atoms with E-state index in [4.69, 9.17) is 5.26 Å². The number of piperidine rings is 1. The van der Waals surface area contributed by atoms with E-state index in [0.717, 1.165) is 37.6 Å². The maximum absolute atomic E-state index is 8.82. The Morgan fingerprint density at radius 3 is 2.95 bits per heavy atom. The van der Waals surface area contributed by atoms with Crippen molar-refractivity contribution in [3.05, 3.63) is 42.5 Å². The van der Waals surface area contributed by atoms with Crippen LogP contribution < -0.4 is 10.2 Å². The summed E-state index contributed by atoms with van der Waals surface area (Å²) in [6.07, 6.45) is 7.11. The van der Waals surface area contributed by atoms with Crippen LogP contribution in [0.4, 0.5) is 11.6 Å². The van der Waals surface area contributed by atoms with Crippen LogP contribution in [0.3, 0.4) is 0 Å². The second-order valence-corrected chi connectivity index (χ2v) is 5.04. The van der Waals surface area contributed by atoms with Crippen molar-refractivity contribution in [1.29, 1.82) is 5.26 Å². The van der Waals surface area contributed by atoms with Gasteiger partial charge in [0.05, 0.1) is 5.56 Å². The standard InChI is InChI=1S/C15H16N6/c16-8-12-3-4-15(18-9-12)21-7-1-2-13(10-21)20-14-5-6-17-11-19-14/h3-6,9,11,13H,1-2,7,10H2,(H,17,19,20). The first kappa shape index (κ1) is 13.3. The third kappa shape index (κ3) is 3.26. The van der Waals surface area contributed by atoms with Gasteiger partial charge in [0, 0.05) is 31.5 Å². The normalized spacial score (nSPS) is 18.0. The molecule has 0 aromatic carbocycles. The van der Waals surface area contributed by atoms with Gasteiger partial charge in [-0.25, -0.2) is 15.0 Å². The van der Waals surface area contributed by atoms with Gasteiger partial charge in [-0.15, -0.1) is 0 Å². The zero-order valence-electron chi connectivity index (χ0n) is 11.6. The monoisotopic (exact) mass is 280 g/mol. The van der Waals surface area contributed by atoms with Crippen molar-refractivity contribution in [3.8, 4) is 6.07 Å². The molecule has 21 heavy (non-hydrogen) atoms. The van der Waals surface area contributed by atoms with Crippen LogP contribution in [0.25, 0.3) is 0 Å². The Kier molecular flexibility index (Phi) is 3.92. The Morgan fingerprint density at radius 2 is 2.24 bits per heavy atom. The largest absolute Gasteiger partial charge is 0.365 e. The van der Waals surface area contributed by atoms with Gasteiger partial charge in [-0.2, -0.15) is 5.26 Å². The van der Waals surface area contributed by atoms with Gasteiger partial charge in [-0.1, -0.05) is 0 Å². The van der Waals surface area contributed by atoms with Crippen molar-refractivity contribution in [2.75, 3.05) is 23.3 Å². The molecule has 1 unspecified atom stereocenters. The first-order valence-electron chi connectivity index (χ1n) is 6.99. The molecule has 1 N–H and O–H groups in total. The molecule has 3 rings (SSSR count). The summed E-state index contributed by atoms with van der Waals surface area (Å²) >= 11 is 0. The van der Waals surface area contributed by atoms with Crippen LogP contribution >= 0.6 is 0 Å². The predicted octanol–water partition coefficient (Wildman–Crippen LogP) is 1.82. The third-order valence-electron chi connectivity index (χ3n) is 3.56. The maximum Gasteiger partial charge on any atom is 0.129 e. The van der Waals surface area contributed by atoms with Gasteiger partial charge in [-0.3, -0.25) is 0 Å². The average molecular weight is 280 g/mol. The van der Waals surface area contributed by atoms with Gasteiger partial charge in [0.2, 0.25) is 0 Å². The van der Waals surface area contributed by atoms with Gasteiger partial charge in [0.1, 0.15) is 24.0 Å². The SMILES string of the molecule is N#Cc1ccc(N2CCCC(Nc3ccncn3)C2)nc1. The number of rotatable bonds is 3. The molecule has 106 valence electrons. The molecule has 0 spiro atoms. The van der Waals surface area contributed by atoms with Crippen LogP contribution in [0.2, 0.25) is 0 Å². The number of aromatic nitrogens is 3. The molecular formula is C15H16N6. The van der Waals surface area contributed by atoms with Crippen molar-refractivity contribution in [3.63, 3.8) is 0 Å². The van der Waals surface area contributed by atoms with Crippen molar-refractivity contribution in [2.24, 2.45) is 0 Å². The molecule has 1 fully saturated rings. The topological polar surface area (TPSA) is 77.7 Å². The zero-order valence-corrected chi connectivity index (χ0v) is 11.6. The van der Waals surface area contributed by atoms with Crippen molar-refractivity contribution in [1.82, 2.24) is 15.0 Å². The van der Waals surface area contributed by atoms with E-state index in [9.17, 15) is 0 Å². The molecule has 6 heteroatoms. The molecule has 0 radical (unpaired) electrons. The van der Waals surface area contributed by atoms with E-state index in [0.29, 0.717) is 11.6 Å². The summed E-state index contributed by atoms with van der Waals surface area (Å²) in [5, 5.41) is 12.2. The van der Waals surface area contributed by atoms with E-state index in [-0.39, 0.29) is 0 Å². The fourth-order valence-corrected chi connectivity index (χ4v) is 2.53. The molecule has 1 saturated heterocycles. The highest BCUT2D eigenvalue weighted by atomic mass is 15.2. The third-order valence-corrected chi connectivity index (χ3v) is 3.56. The van der Waals surface area contributed by atoms with Gasteiger partial charge in [-0.05, 0) is 31.0 Å². The minimum Gasteiger partial charge on any atom is -0.365 e. The first-order valence-corrected chi connectivity index (χ1v) is 6.99. The number of pyridine rings is 1. The molecule has 3 heterocycles. The molecule has 6 nitrogen and oxygen atoms in total. The predicted molar refractivity (Wildman–Crippen MR) is 79.8 cm³/mol. The van der Waals surface area contributed by atoms with Crippen molar-refractivity contribution in [2.45, 2.75) is 18.9 Å². The summed E-state index contributed by atoms with van der Waals surface area (Å²) in [7, 11) is 0. The van der Waals surface area contributed by atoms with Crippen molar-refractivity contribution >= 4 is 11.6 Å². The van der Waals surface area contributed by atoms with Crippen molar-refractivity contribution < 1.29 is 0 Å². The average Bonchev–Trinajstić information content (AvgIpc) is 2.56. The summed E-state index contributed by atoms with van der Waals surface area (Å²) in [5.41, 5.74) is 0.589. The molecule has 0 saturated carbocycles. The number of hydrogen-bond donors (Lipinski definition) is 1. The summed E-state index contributed by atoms with van der Waals surface area (Å²) in [4.78, 5) is 14.7. The number of nitrogens with one attached hydrogen (secondary N) is 1. The van der Waals surface area contributed by atoms with Gasteiger partial charge >= 0.3 is 0 Å². The highest BCUT2D eigenvalue weighted by molar-refractivity contribution is 5.43. The van der Waals surface area contributed by atoms with Crippen LogP contribution in [0, 0.1) is 11.3 Å². The number of nitrogens with zero attached hydrogens (tertiary/aromatic N) is 5. The minimum atomic E-state index is 0.339. The number of anilines is 2. The summed E-state index contributed by atoms with van der Waals surface area (Å²) in [6.45, 7) is 1.86. The molecule has 2 aromatic heterocycles. The summed E-state index contributed by atoms with van der Waals surface area (Å²) in [5.74, 6) is 1.77. The Labute approximate surface area is 123 Å². The lowest BCUT2D eigenvalue weighted by Gasteiger charge is -2.34. The lowest BCUT2D eigenvalue weighted by atomic mass is 10.1. The number of hydrogen-bond acceptors (Lipinski definition) is 6. The number of nitriles is 1. The highest BCUT2D eigenvalue weighted by Crippen LogP contribution is 2.19. The summed E-state index contributed by atoms with van der Waals surface area (Å²) in [6, 6.07) is 8.02. The zero-order chi connectivity index (χ0) is 14.5. The van der Waals surface area contributed by atoms with E-state index in [1.165, 1.54) is 0 Å². The van der Waals surface area contributed by atoms with Gasteiger partial charge in [0.25, 0.3) is 0 Å². The Morgan fingerprint density at radius 1 is 1.29 bits per heavy atom. The fourth-order valence-electron chi connectivity index (χ4n) is 2.53. The molecule has 2 aromatic rings. The van der Waals surface area contributed by atoms with Crippen LogP contribution in [0.5, 0.6) is 0 Å². The van der Waals surface area contributed by atoms with Crippen LogP contribution in [-0.4, -0.2) is 34.1 Å². The molecule has 0 aliphatic carbocycles. The molecule has 1 aliphatic heterocycles. The highest BCUT2D eigenvalue weighted by Gasteiger charge is 2.21. The van der Waals surface area contributed by atoms with E-state index in [2.05, 4.69) is 31.2 Å². The fraction of sp³-hybridized carbons (Fsp3) is 0.333. The van der Waals surface area contributed by atoms with E-state index >= 15 is 0 Å². The molecular weight excluding hydrogens is 264 g/mol. The Bertz CT molecular complexity index is 619. The smallest absolute Gasteiger partial charge is 0.129 e. The van der Waals surface area contributed by atoms with E-state index < -0.39 is 0 Å². The lowest BCUT2D eigenvalue weighted by Crippen LogP contribution is -2.42. The summed E-state index contributed by atoms with van der Waals surface area (Å²) < 4.78 is 0. The maximum atomic E-state index is 8.82. The van der Waals surface area contributed by atoms with Crippen LogP contribution in [0.1, 0.15) is 18.4 Å². The Hall–Kier alpha value is -2.68. The first-order chi connectivity index (χ1) is 10.3. The van der Waals surface area contributed by atoms with E-state index in [1.54, 1.807) is 18.7 Å². The molecule has 1 atom stereocenters. The molecule has 1 aliphatic rings.